The molecular weight excluding hydrogens is 308 g/mol. The minimum Gasteiger partial charge on any atom is -0.472 e. The van der Waals surface area contributed by atoms with Crippen LogP contribution in [-0.4, -0.2) is 41.3 Å². The summed E-state index contributed by atoms with van der Waals surface area (Å²) in [5.41, 5.74) is 2.48. The fraction of sp³-hybridized carbons (Fsp3) is 0.538. The van der Waals surface area contributed by atoms with Gasteiger partial charge in [-0.3, -0.25) is 0 Å². The van der Waals surface area contributed by atoms with Crippen molar-refractivity contribution in [3.8, 4) is 11.3 Å². The van der Waals surface area contributed by atoms with Crippen LogP contribution in [0.3, 0.4) is 0 Å². The zero-order valence-corrected chi connectivity index (χ0v) is 12.6. The highest BCUT2D eigenvalue weighted by atomic mass is 32.2. The maximum Gasteiger partial charge on any atom is 0.214 e. The van der Waals surface area contributed by atoms with Gasteiger partial charge in [-0.05, 0) is 18.9 Å². The molecule has 0 aromatic carbocycles. The summed E-state index contributed by atoms with van der Waals surface area (Å²) >= 11 is 0. The number of aromatic nitrogens is 3. The number of nitrogens with zero attached hydrogens (tertiary/aromatic N) is 3. The quantitative estimate of drug-likeness (QED) is 0.861. The zero-order chi connectivity index (χ0) is 15.2. The predicted molar refractivity (Wildman–Crippen MR) is 76.2 cm³/mol. The molecule has 1 aliphatic heterocycles. The van der Waals surface area contributed by atoms with Crippen LogP contribution in [0.2, 0.25) is 0 Å². The van der Waals surface area contributed by atoms with Gasteiger partial charge in [-0.15, -0.1) is 5.10 Å². The molecule has 3 heterocycles. The molecule has 0 bridgehead atoms. The van der Waals surface area contributed by atoms with Gasteiger partial charge in [0.15, 0.2) is 0 Å². The molecule has 22 heavy (non-hydrogen) atoms. The maximum absolute atomic E-state index is 11.8. The van der Waals surface area contributed by atoms with Crippen LogP contribution in [0, 0.1) is 0 Å². The van der Waals surface area contributed by atoms with Crippen molar-refractivity contribution >= 4 is 10.0 Å². The fourth-order valence-corrected chi connectivity index (χ4v) is 3.93. The summed E-state index contributed by atoms with van der Waals surface area (Å²) in [4.78, 5) is 0. The van der Waals surface area contributed by atoms with E-state index in [-0.39, 0.29) is 17.9 Å². The number of nitrogens with one attached hydrogen (secondary N) is 1. The van der Waals surface area contributed by atoms with E-state index >= 15 is 0 Å². The van der Waals surface area contributed by atoms with E-state index in [2.05, 4.69) is 15.0 Å². The van der Waals surface area contributed by atoms with E-state index < -0.39 is 10.0 Å². The van der Waals surface area contributed by atoms with E-state index in [1.807, 2.05) is 6.07 Å². The van der Waals surface area contributed by atoms with Crippen molar-refractivity contribution in [2.75, 3.05) is 6.54 Å². The second-order valence-electron chi connectivity index (χ2n) is 5.60. The highest BCUT2D eigenvalue weighted by Gasteiger charge is 2.36. The van der Waals surface area contributed by atoms with E-state index in [0.717, 1.165) is 29.8 Å². The molecule has 4 rings (SSSR count). The number of sulfonamides is 1. The molecule has 1 fully saturated rings. The minimum absolute atomic E-state index is 0.217. The normalized spacial score (nSPS) is 21.7. The van der Waals surface area contributed by atoms with Crippen LogP contribution >= 0.6 is 0 Å². The Labute approximate surface area is 127 Å². The summed E-state index contributed by atoms with van der Waals surface area (Å²) in [6, 6.07) is 1.82. The van der Waals surface area contributed by atoms with Gasteiger partial charge < -0.3 is 9.15 Å². The van der Waals surface area contributed by atoms with Gasteiger partial charge in [-0.25, -0.2) is 17.8 Å². The lowest BCUT2D eigenvalue weighted by Gasteiger charge is -2.24. The molecule has 0 amide bonds. The van der Waals surface area contributed by atoms with Crippen LogP contribution in [0.15, 0.2) is 23.0 Å². The molecule has 1 aliphatic carbocycles. The summed E-state index contributed by atoms with van der Waals surface area (Å²) < 4.78 is 38.8. The first kappa shape index (κ1) is 13.9. The first-order chi connectivity index (χ1) is 10.6. The van der Waals surface area contributed by atoms with Gasteiger partial charge in [0.25, 0.3) is 0 Å². The average Bonchev–Trinajstić information content (AvgIpc) is 3.09. The Hall–Kier alpha value is -1.71. The average molecular weight is 324 g/mol. The molecular formula is C13H16N4O4S. The van der Waals surface area contributed by atoms with Gasteiger partial charge in [0.1, 0.15) is 5.69 Å². The third-order valence-electron chi connectivity index (χ3n) is 3.94. The molecule has 0 unspecified atom stereocenters. The molecule has 0 saturated heterocycles. The smallest absolute Gasteiger partial charge is 0.214 e. The minimum atomic E-state index is -3.18. The summed E-state index contributed by atoms with van der Waals surface area (Å²) in [7, 11) is -3.18. The van der Waals surface area contributed by atoms with Gasteiger partial charge in [0.05, 0.1) is 42.7 Å². The van der Waals surface area contributed by atoms with E-state index in [9.17, 15) is 8.42 Å². The molecule has 2 aromatic heterocycles. The van der Waals surface area contributed by atoms with Crippen LogP contribution in [0.5, 0.6) is 0 Å². The van der Waals surface area contributed by atoms with Crippen LogP contribution in [0.1, 0.15) is 18.5 Å². The Morgan fingerprint density at radius 1 is 1.41 bits per heavy atom. The number of furan rings is 1. The first-order valence-corrected chi connectivity index (χ1v) is 8.73. The molecule has 1 N–H and O–H groups in total. The van der Waals surface area contributed by atoms with Crippen molar-refractivity contribution in [1.29, 1.82) is 0 Å². The molecule has 2 aliphatic rings. The Kier molecular flexibility index (Phi) is 3.28. The van der Waals surface area contributed by atoms with Crippen LogP contribution < -0.4 is 4.72 Å². The number of hydrogen-bond acceptors (Lipinski definition) is 6. The Morgan fingerprint density at radius 3 is 3.00 bits per heavy atom. The number of fused-ring (bicyclic) bond motifs is 1. The SMILES string of the molecule is O=S(=O)(NC[C@H]1Cn2nnc(-c3ccoc3)c2CO1)C1CC1. The third kappa shape index (κ3) is 2.55. The maximum atomic E-state index is 11.8. The van der Waals surface area contributed by atoms with Crippen molar-refractivity contribution in [2.24, 2.45) is 0 Å². The van der Waals surface area contributed by atoms with E-state index in [1.54, 1.807) is 17.2 Å². The largest absolute Gasteiger partial charge is 0.472 e. The lowest BCUT2D eigenvalue weighted by atomic mass is 10.2. The number of ether oxygens (including phenoxy) is 1. The Morgan fingerprint density at radius 2 is 2.27 bits per heavy atom. The number of hydrogen-bond donors (Lipinski definition) is 1. The van der Waals surface area contributed by atoms with Gasteiger partial charge in [0, 0.05) is 12.1 Å². The lowest BCUT2D eigenvalue weighted by molar-refractivity contribution is 0.00431. The third-order valence-corrected chi connectivity index (χ3v) is 5.86. The van der Waals surface area contributed by atoms with Gasteiger partial charge in [-0.1, -0.05) is 5.21 Å². The summed E-state index contributed by atoms with van der Waals surface area (Å²) in [5.74, 6) is 0. The monoisotopic (exact) mass is 324 g/mol. The predicted octanol–water partition coefficient (Wildman–Crippen LogP) is 0.519. The van der Waals surface area contributed by atoms with Crippen molar-refractivity contribution in [3.63, 3.8) is 0 Å². The molecule has 0 spiro atoms. The molecule has 1 saturated carbocycles. The highest BCUT2D eigenvalue weighted by molar-refractivity contribution is 7.90. The summed E-state index contributed by atoms with van der Waals surface area (Å²) in [6.07, 6.45) is 4.46. The molecule has 1 atom stereocenters. The zero-order valence-electron chi connectivity index (χ0n) is 11.8. The van der Waals surface area contributed by atoms with E-state index in [4.69, 9.17) is 9.15 Å². The fourth-order valence-electron chi connectivity index (χ4n) is 2.52. The number of rotatable bonds is 5. The molecule has 8 nitrogen and oxygen atoms in total. The standard InChI is InChI=1S/C13H16N4O4S/c18-22(19,11-1-2-11)14-5-10-6-17-12(8-21-10)13(15-16-17)9-3-4-20-7-9/h3-4,7,10-11,14H,1-2,5-6,8H2/t10-/m0/s1. The van der Waals surface area contributed by atoms with Crippen molar-refractivity contribution in [2.45, 2.75) is 37.3 Å². The second kappa shape index (κ2) is 5.18. The first-order valence-electron chi connectivity index (χ1n) is 7.18. The van der Waals surface area contributed by atoms with Crippen molar-refractivity contribution < 1.29 is 17.6 Å². The Bertz CT molecular complexity index is 764. The molecule has 2 aromatic rings. The van der Waals surface area contributed by atoms with Crippen molar-refractivity contribution in [1.82, 2.24) is 19.7 Å². The second-order valence-corrected chi connectivity index (χ2v) is 7.65. The van der Waals surface area contributed by atoms with Gasteiger partial charge in [0.2, 0.25) is 10.0 Å². The highest BCUT2D eigenvalue weighted by Crippen LogP contribution is 2.28. The summed E-state index contributed by atoms with van der Waals surface area (Å²) in [5, 5.41) is 8.06. The molecule has 0 radical (unpaired) electrons. The van der Waals surface area contributed by atoms with Crippen molar-refractivity contribution in [3.05, 3.63) is 24.3 Å². The summed E-state index contributed by atoms with van der Waals surface area (Å²) in [6.45, 7) is 1.09. The van der Waals surface area contributed by atoms with Crippen LogP contribution in [0.25, 0.3) is 11.3 Å². The Balaban J connectivity index is 1.44. The van der Waals surface area contributed by atoms with Gasteiger partial charge in [-0.2, -0.15) is 0 Å². The van der Waals surface area contributed by atoms with Crippen LogP contribution in [0.4, 0.5) is 0 Å². The molecule has 118 valence electrons. The van der Waals surface area contributed by atoms with E-state index in [1.165, 1.54) is 0 Å². The van der Waals surface area contributed by atoms with E-state index in [0.29, 0.717) is 13.2 Å². The van der Waals surface area contributed by atoms with Gasteiger partial charge >= 0.3 is 0 Å². The lowest BCUT2D eigenvalue weighted by Crippen LogP contribution is -2.40. The van der Waals surface area contributed by atoms with Crippen LogP contribution in [-0.2, 0) is 27.9 Å². The molecule has 9 heteroatoms. The topological polar surface area (TPSA) is 99.2 Å².